The number of aliphatic hydroxyl groups is 1. The lowest BCUT2D eigenvalue weighted by molar-refractivity contribution is -0.128. The summed E-state index contributed by atoms with van der Waals surface area (Å²) in [6.07, 6.45) is 4.17. The molecule has 2 N–H and O–H groups in total. The number of aliphatic hydroxyl groups excluding tert-OH is 1. The summed E-state index contributed by atoms with van der Waals surface area (Å²) in [4.78, 5) is 12.4. The molecule has 1 unspecified atom stereocenters. The van der Waals surface area contributed by atoms with E-state index in [0.717, 1.165) is 37.2 Å². The van der Waals surface area contributed by atoms with Gasteiger partial charge < -0.3 is 10.4 Å². The highest BCUT2D eigenvalue weighted by Crippen LogP contribution is 2.29. The average Bonchev–Trinajstić information content (AvgIpc) is 2.48. The van der Waals surface area contributed by atoms with Crippen LogP contribution in [0.5, 0.6) is 0 Å². The maximum Gasteiger partial charge on any atom is 0.223 e. The Morgan fingerprint density at radius 3 is 2.40 bits per heavy atom. The minimum absolute atomic E-state index is 0.0808. The van der Waals surface area contributed by atoms with E-state index in [4.69, 9.17) is 0 Å². The molecule has 3 nitrogen and oxygen atoms in total. The van der Waals surface area contributed by atoms with Crippen LogP contribution in [0.2, 0.25) is 0 Å². The number of carbonyl (C=O) groups excluding carboxylic acids is 1. The quantitative estimate of drug-likeness (QED) is 0.887. The van der Waals surface area contributed by atoms with Crippen molar-refractivity contribution in [2.75, 3.05) is 6.61 Å². The van der Waals surface area contributed by atoms with Crippen LogP contribution in [-0.2, 0) is 10.3 Å². The molecule has 0 spiro atoms. The van der Waals surface area contributed by atoms with Crippen molar-refractivity contribution in [1.29, 1.82) is 0 Å². The van der Waals surface area contributed by atoms with Crippen LogP contribution in [0.4, 0.5) is 0 Å². The summed E-state index contributed by atoms with van der Waals surface area (Å²) in [6, 6.07) is 9.68. The Morgan fingerprint density at radius 2 is 1.85 bits per heavy atom. The van der Waals surface area contributed by atoms with E-state index in [1.54, 1.807) is 0 Å². The summed E-state index contributed by atoms with van der Waals surface area (Å²) in [7, 11) is 0. The molecule has 2 rings (SSSR count). The molecule has 0 heterocycles. The van der Waals surface area contributed by atoms with Gasteiger partial charge in [0.05, 0.1) is 12.1 Å². The van der Waals surface area contributed by atoms with Gasteiger partial charge in [0.1, 0.15) is 0 Å². The smallest absolute Gasteiger partial charge is 0.223 e. The number of hydrogen-bond acceptors (Lipinski definition) is 2. The van der Waals surface area contributed by atoms with E-state index >= 15 is 0 Å². The second-order valence-electron chi connectivity index (χ2n) is 6.30. The van der Waals surface area contributed by atoms with Gasteiger partial charge in [-0.1, -0.05) is 37.3 Å². The number of benzene rings is 1. The fraction of sp³-hybridized carbons (Fsp3) is 0.588. The normalized spacial score (nSPS) is 25.8. The molecule has 3 heteroatoms. The first-order chi connectivity index (χ1) is 9.55. The third-order valence-electron chi connectivity index (χ3n) is 4.51. The highest BCUT2D eigenvalue weighted by molar-refractivity contribution is 5.79. The van der Waals surface area contributed by atoms with E-state index in [-0.39, 0.29) is 18.4 Å². The summed E-state index contributed by atoms with van der Waals surface area (Å²) in [5.74, 6) is 0.912. The van der Waals surface area contributed by atoms with Gasteiger partial charge in [-0.25, -0.2) is 0 Å². The van der Waals surface area contributed by atoms with Gasteiger partial charge >= 0.3 is 0 Å². The van der Waals surface area contributed by atoms with Crippen molar-refractivity contribution in [2.45, 2.75) is 45.1 Å². The molecule has 1 aromatic rings. The molecule has 0 saturated heterocycles. The van der Waals surface area contributed by atoms with E-state index in [9.17, 15) is 9.90 Å². The number of amides is 1. The van der Waals surface area contributed by atoms with Crippen molar-refractivity contribution in [3.05, 3.63) is 35.9 Å². The molecule has 1 aliphatic carbocycles. The summed E-state index contributed by atoms with van der Waals surface area (Å²) in [5, 5.41) is 12.8. The van der Waals surface area contributed by atoms with Gasteiger partial charge in [0.15, 0.2) is 0 Å². The highest BCUT2D eigenvalue weighted by Gasteiger charge is 2.32. The first kappa shape index (κ1) is 15.0. The molecule has 0 bridgehead atoms. The van der Waals surface area contributed by atoms with E-state index in [0.29, 0.717) is 0 Å². The molecule has 1 aliphatic rings. The van der Waals surface area contributed by atoms with Gasteiger partial charge in [-0.3, -0.25) is 4.79 Å². The molecule has 0 radical (unpaired) electrons. The standard InChI is InChI=1S/C17H25NO2/c1-13-8-10-14(11-9-13)16(20)18-17(2,12-19)15-6-4-3-5-7-15/h3-7,13-14,19H,8-12H2,1-2H3,(H,18,20). The fourth-order valence-electron chi connectivity index (χ4n) is 2.91. The zero-order valence-electron chi connectivity index (χ0n) is 12.4. The molecule has 0 aliphatic heterocycles. The summed E-state index contributed by atoms with van der Waals surface area (Å²) < 4.78 is 0. The van der Waals surface area contributed by atoms with Crippen molar-refractivity contribution >= 4 is 5.91 Å². The van der Waals surface area contributed by atoms with E-state index in [1.165, 1.54) is 0 Å². The van der Waals surface area contributed by atoms with Crippen molar-refractivity contribution < 1.29 is 9.90 Å². The zero-order chi connectivity index (χ0) is 14.6. The van der Waals surface area contributed by atoms with Crippen LogP contribution in [0.15, 0.2) is 30.3 Å². The molecular weight excluding hydrogens is 250 g/mol. The van der Waals surface area contributed by atoms with E-state index in [1.807, 2.05) is 37.3 Å². The van der Waals surface area contributed by atoms with Crippen molar-refractivity contribution in [1.82, 2.24) is 5.32 Å². The van der Waals surface area contributed by atoms with Crippen LogP contribution in [0, 0.1) is 11.8 Å². The van der Waals surface area contributed by atoms with E-state index < -0.39 is 5.54 Å². The molecule has 0 aromatic heterocycles. The SMILES string of the molecule is CC1CCC(C(=O)NC(C)(CO)c2ccccc2)CC1. The summed E-state index contributed by atoms with van der Waals surface area (Å²) >= 11 is 0. The second-order valence-corrected chi connectivity index (χ2v) is 6.30. The van der Waals surface area contributed by atoms with Crippen LogP contribution >= 0.6 is 0 Å². The molecule has 1 atom stereocenters. The van der Waals surface area contributed by atoms with Gasteiger partial charge in [-0.15, -0.1) is 0 Å². The zero-order valence-corrected chi connectivity index (χ0v) is 12.4. The third-order valence-corrected chi connectivity index (χ3v) is 4.51. The molecule has 1 saturated carbocycles. The van der Waals surface area contributed by atoms with Crippen molar-refractivity contribution in [3.63, 3.8) is 0 Å². The average molecular weight is 275 g/mol. The molecule has 20 heavy (non-hydrogen) atoms. The van der Waals surface area contributed by atoms with Crippen LogP contribution in [-0.4, -0.2) is 17.6 Å². The third kappa shape index (κ3) is 3.40. The molecule has 1 amide bonds. The Kier molecular flexibility index (Phi) is 4.81. The maximum atomic E-state index is 12.4. The molecule has 1 aromatic carbocycles. The maximum absolute atomic E-state index is 12.4. The lowest BCUT2D eigenvalue weighted by Crippen LogP contribution is -2.49. The minimum atomic E-state index is -0.693. The summed E-state index contributed by atoms with van der Waals surface area (Å²) in [6.45, 7) is 4.04. The Morgan fingerprint density at radius 1 is 1.25 bits per heavy atom. The van der Waals surface area contributed by atoms with Crippen LogP contribution in [0.1, 0.15) is 45.1 Å². The van der Waals surface area contributed by atoms with Gasteiger partial charge in [0.2, 0.25) is 5.91 Å². The van der Waals surface area contributed by atoms with Crippen LogP contribution in [0.3, 0.4) is 0 Å². The number of rotatable bonds is 4. The first-order valence-electron chi connectivity index (χ1n) is 7.53. The van der Waals surface area contributed by atoms with Gasteiger partial charge in [-0.05, 0) is 44.1 Å². The van der Waals surface area contributed by atoms with Gasteiger partial charge in [-0.2, -0.15) is 0 Å². The second kappa shape index (κ2) is 6.40. The van der Waals surface area contributed by atoms with Crippen molar-refractivity contribution in [3.8, 4) is 0 Å². The fourth-order valence-corrected chi connectivity index (χ4v) is 2.91. The largest absolute Gasteiger partial charge is 0.394 e. The Balaban J connectivity index is 2.04. The summed E-state index contributed by atoms with van der Waals surface area (Å²) in [5.41, 5.74) is 0.251. The van der Waals surface area contributed by atoms with Crippen LogP contribution in [0.25, 0.3) is 0 Å². The first-order valence-corrected chi connectivity index (χ1v) is 7.53. The monoisotopic (exact) mass is 275 g/mol. The lowest BCUT2D eigenvalue weighted by Gasteiger charge is -2.33. The number of carbonyl (C=O) groups is 1. The topological polar surface area (TPSA) is 49.3 Å². The predicted molar refractivity (Wildman–Crippen MR) is 80.1 cm³/mol. The Hall–Kier alpha value is -1.35. The van der Waals surface area contributed by atoms with Gasteiger partial charge in [0, 0.05) is 5.92 Å². The van der Waals surface area contributed by atoms with E-state index in [2.05, 4.69) is 12.2 Å². The highest BCUT2D eigenvalue weighted by atomic mass is 16.3. The molecule has 1 fully saturated rings. The van der Waals surface area contributed by atoms with Crippen molar-refractivity contribution in [2.24, 2.45) is 11.8 Å². The minimum Gasteiger partial charge on any atom is -0.394 e. The predicted octanol–water partition coefficient (Wildman–Crippen LogP) is 2.84. The number of hydrogen-bond donors (Lipinski definition) is 2. The molecular formula is C17H25NO2. The Labute approximate surface area is 121 Å². The molecule has 110 valence electrons. The Bertz CT molecular complexity index is 438. The number of nitrogens with one attached hydrogen (secondary N) is 1. The lowest BCUT2D eigenvalue weighted by atomic mass is 9.82. The van der Waals surface area contributed by atoms with Crippen LogP contribution < -0.4 is 5.32 Å². The van der Waals surface area contributed by atoms with Gasteiger partial charge in [0.25, 0.3) is 0 Å².